The number of nitrogens with zero attached hydrogens (tertiary/aromatic N) is 2. The summed E-state index contributed by atoms with van der Waals surface area (Å²) in [6, 6.07) is -0.570. The number of carbonyl (C=O) groups is 7. The lowest BCUT2D eigenvalue weighted by Crippen LogP contribution is -2.41. The normalized spacial score (nSPS) is 15.8. The van der Waals surface area contributed by atoms with E-state index in [4.69, 9.17) is 28.4 Å². The number of unbranched alkanes of at least 4 members (excludes halogenated alkanes) is 20. The highest BCUT2D eigenvalue weighted by molar-refractivity contribution is 5.79. The molecule has 0 aliphatic carbocycles. The van der Waals surface area contributed by atoms with Crippen LogP contribution < -0.4 is 0 Å². The van der Waals surface area contributed by atoms with Crippen LogP contribution in [0, 0.1) is 17.8 Å². The second-order valence-corrected chi connectivity index (χ2v) is 21.8. The number of hydrogen-bond acceptors (Lipinski definition) is 14. The molecule has 0 saturated carbocycles. The summed E-state index contributed by atoms with van der Waals surface area (Å²) in [5, 5.41) is 0. The zero-order valence-electron chi connectivity index (χ0n) is 47.8. The Hall–Kier alpha value is -3.75. The zero-order chi connectivity index (χ0) is 54.6. The minimum Gasteiger partial charge on any atom is -0.465 e. The van der Waals surface area contributed by atoms with Gasteiger partial charge in [0, 0.05) is 63.5 Å². The molecule has 2 rings (SSSR count). The van der Waals surface area contributed by atoms with E-state index in [1.807, 2.05) is 0 Å². The molecule has 75 heavy (non-hydrogen) atoms. The third-order valence-corrected chi connectivity index (χ3v) is 14.6. The lowest BCUT2D eigenvalue weighted by molar-refractivity contribution is -0.155. The molecule has 0 N–H and O–H groups in total. The van der Waals surface area contributed by atoms with Crippen LogP contribution in [0.4, 0.5) is 4.79 Å². The second-order valence-electron chi connectivity index (χ2n) is 21.8. The summed E-state index contributed by atoms with van der Waals surface area (Å²) in [6.45, 7) is 11.2. The van der Waals surface area contributed by atoms with Gasteiger partial charge in [0.15, 0.2) is 0 Å². The largest absolute Gasteiger partial charge is 0.465 e. The van der Waals surface area contributed by atoms with E-state index in [2.05, 4.69) is 32.6 Å². The number of ketones is 1. The topological polar surface area (TPSA) is 181 Å². The van der Waals surface area contributed by atoms with Crippen LogP contribution in [0.5, 0.6) is 0 Å². The number of amides is 1. The lowest BCUT2D eigenvalue weighted by Gasteiger charge is -2.27. The van der Waals surface area contributed by atoms with Crippen LogP contribution >= 0.6 is 0 Å². The van der Waals surface area contributed by atoms with Crippen LogP contribution in [-0.4, -0.2) is 123 Å². The fraction of sp³-hybridized carbons (Fsp3) is 0.883. The van der Waals surface area contributed by atoms with Crippen molar-refractivity contribution in [2.75, 3.05) is 65.8 Å². The second kappa shape index (κ2) is 45.3. The van der Waals surface area contributed by atoms with E-state index in [9.17, 15) is 33.6 Å². The van der Waals surface area contributed by atoms with Crippen molar-refractivity contribution in [1.29, 1.82) is 0 Å². The van der Waals surface area contributed by atoms with Crippen molar-refractivity contribution in [3.8, 4) is 0 Å². The van der Waals surface area contributed by atoms with Crippen molar-refractivity contribution in [2.24, 2.45) is 17.8 Å². The van der Waals surface area contributed by atoms with Crippen molar-refractivity contribution in [1.82, 2.24) is 9.80 Å². The summed E-state index contributed by atoms with van der Waals surface area (Å²) < 4.78 is 34.2. The Labute approximate surface area is 454 Å². The lowest BCUT2D eigenvalue weighted by atomic mass is 9.94. The van der Waals surface area contributed by atoms with Gasteiger partial charge in [-0.15, -0.1) is 0 Å². The molecule has 2 fully saturated rings. The Morgan fingerprint density at radius 3 is 1.24 bits per heavy atom. The van der Waals surface area contributed by atoms with E-state index < -0.39 is 29.9 Å². The number of hydrogen-bond donors (Lipinski definition) is 0. The van der Waals surface area contributed by atoms with Gasteiger partial charge in [0.1, 0.15) is 19.0 Å². The molecule has 15 nitrogen and oxygen atoms in total. The van der Waals surface area contributed by atoms with Crippen LogP contribution in [-0.2, 0) is 57.2 Å². The molecular weight excluding hydrogens is 957 g/mol. The molecule has 2 aliphatic rings. The third kappa shape index (κ3) is 36.1. The summed E-state index contributed by atoms with van der Waals surface area (Å²) in [7, 11) is 0. The fourth-order valence-corrected chi connectivity index (χ4v) is 9.94. The summed E-state index contributed by atoms with van der Waals surface area (Å²) in [4.78, 5) is 96.1. The first-order valence-corrected chi connectivity index (χ1v) is 30.4. The zero-order valence-corrected chi connectivity index (χ0v) is 47.8. The van der Waals surface area contributed by atoms with Gasteiger partial charge in [-0.1, -0.05) is 163 Å². The Morgan fingerprint density at radius 2 is 0.827 bits per heavy atom. The number of esters is 5. The van der Waals surface area contributed by atoms with Crippen LogP contribution in [0.2, 0.25) is 0 Å². The minimum atomic E-state index is -0.623. The van der Waals surface area contributed by atoms with Gasteiger partial charge < -0.3 is 33.3 Å². The first-order valence-electron chi connectivity index (χ1n) is 30.4. The van der Waals surface area contributed by atoms with Crippen molar-refractivity contribution < 1.29 is 62.0 Å². The maximum absolute atomic E-state index is 13.9. The number of likely N-dealkylation sites (tertiary alicyclic amines) is 2. The minimum absolute atomic E-state index is 0.0273. The van der Waals surface area contributed by atoms with Crippen LogP contribution in [0.25, 0.3) is 0 Å². The van der Waals surface area contributed by atoms with E-state index in [0.717, 1.165) is 154 Å². The summed E-state index contributed by atoms with van der Waals surface area (Å²) in [5.74, 6) is -3.49. The fourth-order valence-electron chi connectivity index (χ4n) is 9.94. The SMILES string of the molecule is CCCCCCCCC(=O)OCC(COC(=O)CCCCCCCC)CC(=O)C[C@H]1C[C@@H](COC(=O)CC(COC(=O)CCCCCCCC)COC(=O)CCCCCCCC)N(C(=O)OCCN2CCCCC2)C1. The molecule has 0 bridgehead atoms. The van der Waals surface area contributed by atoms with E-state index in [1.165, 1.54) is 32.1 Å². The summed E-state index contributed by atoms with van der Waals surface area (Å²) in [6.07, 6.45) is 29.1. The number of carbonyl (C=O) groups excluding carboxylic acids is 7. The molecule has 0 aromatic carbocycles. The van der Waals surface area contributed by atoms with Gasteiger partial charge in [-0.25, -0.2) is 4.79 Å². The Kier molecular flexibility index (Phi) is 40.7. The van der Waals surface area contributed by atoms with Crippen LogP contribution in [0.15, 0.2) is 0 Å². The Balaban J connectivity index is 2.11. The van der Waals surface area contributed by atoms with Crippen molar-refractivity contribution in [3.05, 3.63) is 0 Å². The first kappa shape index (κ1) is 67.4. The van der Waals surface area contributed by atoms with Gasteiger partial charge in [0.05, 0.1) is 38.9 Å². The van der Waals surface area contributed by atoms with Crippen LogP contribution in [0.3, 0.4) is 0 Å². The number of piperidine rings is 1. The van der Waals surface area contributed by atoms with Crippen molar-refractivity contribution in [2.45, 2.75) is 258 Å². The molecular formula is C60H106N2O13. The van der Waals surface area contributed by atoms with E-state index in [0.29, 0.717) is 25.8 Å². The molecule has 1 amide bonds. The first-order chi connectivity index (χ1) is 36.5. The standard InChI is InChI=1S/C60H106N2O13/c1-5-9-13-17-21-26-32-55(64)71-45-51(46-72-56(65)33-27-22-18-14-10-6-2)42-54(63)41-50-40-53(62(44-50)60(69)70-39-38-61-36-30-25-31-37-61)49-75-59(68)43-52(47-73-57(66)34-28-23-19-15-11-7-3)48-74-58(67)35-29-24-20-16-12-8-4/h50-53H,5-49H2,1-4H3/t50-,53+/m1/s1. The Morgan fingerprint density at radius 1 is 0.440 bits per heavy atom. The maximum atomic E-state index is 13.9. The summed E-state index contributed by atoms with van der Waals surface area (Å²) in [5.41, 5.74) is 0. The molecule has 2 saturated heterocycles. The number of rotatable bonds is 47. The van der Waals surface area contributed by atoms with Gasteiger partial charge in [-0.3, -0.25) is 33.7 Å². The predicted molar refractivity (Wildman–Crippen MR) is 293 cm³/mol. The van der Waals surface area contributed by atoms with E-state index in [-0.39, 0.29) is 114 Å². The van der Waals surface area contributed by atoms with E-state index in [1.54, 1.807) is 4.90 Å². The van der Waals surface area contributed by atoms with Gasteiger partial charge in [0.2, 0.25) is 0 Å². The highest BCUT2D eigenvalue weighted by Crippen LogP contribution is 2.29. The quantitative estimate of drug-likeness (QED) is 0.0319. The predicted octanol–water partition coefficient (Wildman–Crippen LogP) is 13.0. The average molecular weight is 1060 g/mol. The molecule has 0 unspecified atom stereocenters. The third-order valence-electron chi connectivity index (χ3n) is 14.6. The van der Waals surface area contributed by atoms with Crippen molar-refractivity contribution >= 4 is 41.7 Å². The Bertz CT molecular complexity index is 1470. The smallest absolute Gasteiger partial charge is 0.410 e. The molecule has 0 spiro atoms. The summed E-state index contributed by atoms with van der Waals surface area (Å²) >= 11 is 0. The highest BCUT2D eigenvalue weighted by atomic mass is 16.6. The number of ether oxygens (including phenoxy) is 6. The van der Waals surface area contributed by atoms with Crippen molar-refractivity contribution in [3.63, 3.8) is 0 Å². The molecule has 0 aromatic rings. The molecule has 2 aliphatic heterocycles. The highest BCUT2D eigenvalue weighted by Gasteiger charge is 2.38. The van der Waals surface area contributed by atoms with Gasteiger partial charge >= 0.3 is 35.9 Å². The number of Topliss-reactive ketones (excluding diaryl/α,β-unsaturated/α-hetero) is 1. The van der Waals surface area contributed by atoms with Crippen LogP contribution in [0.1, 0.15) is 252 Å². The van der Waals surface area contributed by atoms with Gasteiger partial charge in [0.25, 0.3) is 0 Å². The van der Waals surface area contributed by atoms with Gasteiger partial charge in [-0.05, 0) is 64.0 Å². The maximum Gasteiger partial charge on any atom is 0.410 e. The molecule has 2 heterocycles. The van der Waals surface area contributed by atoms with E-state index >= 15 is 0 Å². The molecule has 0 aromatic heterocycles. The molecule has 0 radical (unpaired) electrons. The molecule has 2 atom stereocenters. The monoisotopic (exact) mass is 1060 g/mol. The van der Waals surface area contributed by atoms with Gasteiger partial charge in [-0.2, -0.15) is 0 Å². The average Bonchev–Trinajstić information content (AvgIpc) is 3.81. The molecule has 434 valence electrons. The molecule has 15 heteroatoms.